The van der Waals surface area contributed by atoms with Gasteiger partial charge in [0.25, 0.3) is 0 Å². The zero-order valence-electron chi connectivity index (χ0n) is 13.7. The van der Waals surface area contributed by atoms with E-state index in [0.29, 0.717) is 38.2 Å². The van der Waals surface area contributed by atoms with Crippen LogP contribution >= 0.6 is 0 Å². The van der Waals surface area contributed by atoms with Gasteiger partial charge in [-0.2, -0.15) is 0 Å². The van der Waals surface area contributed by atoms with Crippen LogP contribution in [-0.4, -0.2) is 40.7 Å². The maximum Gasteiger partial charge on any atom is 0.222 e. The summed E-state index contributed by atoms with van der Waals surface area (Å²) in [6.45, 7) is 3.12. The number of amides is 1. The Hall–Kier alpha value is -1.95. The summed E-state index contributed by atoms with van der Waals surface area (Å²) in [5.74, 6) is 0.500. The highest BCUT2D eigenvalue weighted by atomic mass is 16.2. The second kappa shape index (κ2) is 8.06. The highest BCUT2D eigenvalue weighted by molar-refractivity contribution is 5.87. The number of rotatable bonds is 6. The van der Waals surface area contributed by atoms with E-state index in [0.717, 1.165) is 18.5 Å². The van der Waals surface area contributed by atoms with Gasteiger partial charge in [0.2, 0.25) is 5.91 Å². The Balaban J connectivity index is 1.88. The van der Waals surface area contributed by atoms with Gasteiger partial charge in [-0.1, -0.05) is 13.0 Å². The number of carbonyl (C=O) groups is 2. The molecule has 0 bridgehead atoms. The lowest BCUT2D eigenvalue weighted by Crippen LogP contribution is -2.46. The molecule has 1 saturated heterocycles. The van der Waals surface area contributed by atoms with Gasteiger partial charge >= 0.3 is 0 Å². The minimum atomic E-state index is -0.411. The third-order valence-electron chi connectivity index (χ3n) is 4.41. The zero-order valence-corrected chi connectivity index (χ0v) is 13.7. The fourth-order valence-electron chi connectivity index (χ4n) is 2.97. The van der Waals surface area contributed by atoms with Crippen LogP contribution in [0.3, 0.4) is 0 Å². The Kier molecular flexibility index (Phi) is 6.10. The van der Waals surface area contributed by atoms with Crippen molar-refractivity contribution in [2.45, 2.75) is 45.1 Å². The molecule has 1 amide bonds. The molecule has 1 aromatic rings. The molecule has 4 N–H and O–H groups in total. The summed E-state index contributed by atoms with van der Waals surface area (Å²) >= 11 is 0. The van der Waals surface area contributed by atoms with Gasteiger partial charge in [-0.15, -0.1) is 0 Å². The summed E-state index contributed by atoms with van der Waals surface area (Å²) in [7, 11) is 0. The smallest absolute Gasteiger partial charge is 0.222 e. The molecule has 0 radical (unpaired) electrons. The first kappa shape index (κ1) is 17.4. The molecule has 23 heavy (non-hydrogen) atoms. The van der Waals surface area contributed by atoms with Crippen LogP contribution in [-0.2, 0) is 16.0 Å². The van der Waals surface area contributed by atoms with Crippen molar-refractivity contribution in [3.63, 3.8) is 0 Å². The normalized spacial score (nSPS) is 19.4. The summed E-state index contributed by atoms with van der Waals surface area (Å²) in [6.07, 6.45) is 3.28. The van der Waals surface area contributed by atoms with E-state index in [9.17, 15) is 9.59 Å². The number of nitrogen functional groups attached to an aromatic ring is 1. The van der Waals surface area contributed by atoms with E-state index in [1.807, 2.05) is 19.1 Å². The molecule has 2 unspecified atom stereocenters. The fraction of sp³-hybridized carbons (Fsp3) is 0.588. The molecule has 1 aliphatic rings. The number of nitrogens with zero attached hydrogens (tertiary/aromatic N) is 2. The van der Waals surface area contributed by atoms with E-state index in [1.165, 1.54) is 0 Å². The highest BCUT2D eigenvalue weighted by Gasteiger charge is 2.30. The van der Waals surface area contributed by atoms with Gasteiger partial charge in [0.05, 0.1) is 6.04 Å². The van der Waals surface area contributed by atoms with Crippen molar-refractivity contribution >= 4 is 17.5 Å². The van der Waals surface area contributed by atoms with E-state index in [2.05, 4.69) is 4.98 Å². The van der Waals surface area contributed by atoms with Crippen LogP contribution in [0.1, 0.15) is 38.3 Å². The predicted octanol–water partition coefficient (Wildman–Crippen LogP) is 1.14. The minimum absolute atomic E-state index is 0.0665. The lowest BCUT2D eigenvalue weighted by molar-refractivity contribution is -0.135. The van der Waals surface area contributed by atoms with Gasteiger partial charge in [-0.3, -0.25) is 9.59 Å². The number of likely N-dealkylation sites (tertiary alicyclic amines) is 1. The number of nitrogens with two attached hydrogens (primary N) is 2. The quantitative estimate of drug-likeness (QED) is 0.819. The van der Waals surface area contributed by atoms with E-state index in [4.69, 9.17) is 11.5 Å². The molecule has 2 atom stereocenters. The van der Waals surface area contributed by atoms with Gasteiger partial charge in [0.15, 0.2) is 5.78 Å². The van der Waals surface area contributed by atoms with E-state index < -0.39 is 6.04 Å². The van der Waals surface area contributed by atoms with Crippen LogP contribution < -0.4 is 11.5 Å². The summed E-state index contributed by atoms with van der Waals surface area (Å²) in [5.41, 5.74) is 12.3. The lowest BCUT2D eigenvalue weighted by atomic mass is 9.89. The molecule has 0 saturated carbocycles. The topological polar surface area (TPSA) is 102 Å². The van der Waals surface area contributed by atoms with Gasteiger partial charge in [-0.25, -0.2) is 4.98 Å². The molecule has 1 aromatic heterocycles. The number of anilines is 1. The largest absolute Gasteiger partial charge is 0.384 e. The van der Waals surface area contributed by atoms with Crippen molar-refractivity contribution in [1.29, 1.82) is 0 Å². The maximum atomic E-state index is 12.4. The number of hydrogen-bond donors (Lipinski definition) is 2. The van der Waals surface area contributed by atoms with Crippen molar-refractivity contribution in [3.05, 3.63) is 23.9 Å². The molecule has 0 aliphatic carbocycles. The molecule has 0 aromatic carbocycles. The Morgan fingerprint density at radius 2 is 2.22 bits per heavy atom. The number of pyridine rings is 1. The molecule has 2 heterocycles. The van der Waals surface area contributed by atoms with Crippen molar-refractivity contribution in [2.75, 3.05) is 18.8 Å². The molecular formula is C17H26N4O2. The SMILES string of the molecule is CCC(N)C(=O)C1CCCN(C(=O)CCc2cccc(N)n2)C1. The monoisotopic (exact) mass is 318 g/mol. The van der Waals surface area contributed by atoms with Crippen molar-refractivity contribution < 1.29 is 9.59 Å². The van der Waals surface area contributed by atoms with Gasteiger partial charge in [0, 0.05) is 31.1 Å². The van der Waals surface area contributed by atoms with Crippen LogP contribution in [0, 0.1) is 5.92 Å². The standard InChI is InChI=1S/C17H26N4O2/c1-2-14(18)17(23)12-5-4-10-21(11-12)16(22)9-8-13-6-3-7-15(19)20-13/h3,6-7,12,14H,2,4-5,8-11,18H2,1H3,(H2,19,20). The third-order valence-corrected chi connectivity index (χ3v) is 4.41. The first-order chi connectivity index (χ1) is 11.0. The summed E-state index contributed by atoms with van der Waals surface area (Å²) in [6, 6.07) is 5.02. The van der Waals surface area contributed by atoms with E-state index >= 15 is 0 Å². The van der Waals surface area contributed by atoms with Crippen LogP contribution in [0.5, 0.6) is 0 Å². The minimum Gasteiger partial charge on any atom is -0.384 e. The van der Waals surface area contributed by atoms with Crippen molar-refractivity contribution in [1.82, 2.24) is 9.88 Å². The molecule has 6 nitrogen and oxygen atoms in total. The molecule has 1 fully saturated rings. The fourth-order valence-corrected chi connectivity index (χ4v) is 2.97. The highest BCUT2D eigenvalue weighted by Crippen LogP contribution is 2.20. The Bertz CT molecular complexity index is 561. The first-order valence-electron chi connectivity index (χ1n) is 8.29. The maximum absolute atomic E-state index is 12.4. The number of carbonyl (C=O) groups excluding carboxylic acids is 2. The Morgan fingerprint density at radius 3 is 2.91 bits per heavy atom. The Morgan fingerprint density at radius 1 is 1.43 bits per heavy atom. The lowest BCUT2D eigenvalue weighted by Gasteiger charge is -2.33. The number of aromatic nitrogens is 1. The van der Waals surface area contributed by atoms with Crippen LogP contribution in [0.2, 0.25) is 0 Å². The summed E-state index contributed by atoms with van der Waals surface area (Å²) in [5, 5.41) is 0. The van der Waals surface area contributed by atoms with Gasteiger partial charge < -0.3 is 16.4 Å². The second-order valence-electron chi connectivity index (χ2n) is 6.15. The van der Waals surface area contributed by atoms with Gasteiger partial charge in [-0.05, 0) is 37.8 Å². The number of hydrogen-bond acceptors (Lipinski definition) is 5. The van der Waals surface area contributed by atoms with Gasteiger partial charge in [0.1, 0.15) is 5.82 Å². The summed E-state index contributed by atoms with van der Waals surface area (Å²) in [4.78, 5) is 30.6. The average molecular weight is 318 g/mol. The Labute approximate surface area is 137 Å². The van der Waals surface area contributed by atoms with Crippen LogP contribution in [0.4, 0.5) is 5.82 Å². The molecular weight excluding hydrogens is 292 g/mol. The predicted molar refractivity (Wildman–Crippen MR) is 89.5 cm³/mol. The number of piperidine rings is 1. The molecule has 126 valence electrons. The third kappa shape index (κ3) is 4.76. The van der Waals surface area contributed by atoms with Crippen molar-refractivity contribution in [2.24, 2.45) is 11.7 Å². The number of aryl methyl sites for hydroxylation is 1. The summed E-state index contributed by atoms with van der Waals surface area (Å²) < 4.78 is 0. The molecule has 0 spiro atoms. The van der Waals surface area contributed by atoms with Crippen molar-refractivity contribution in [3.8, 4) is 0 Å². The average Bonchev–Trinajstić information content (AvgIpc) is 2.58. The molecule has 6 heteroatoms. The second-order valence-corrected chi connectivity index (χ2v) is 6.15. The molecule has 2 rings (SSSR count). The van der Waals surface area contributed by atoms with Crippen LogP contribution in [0.25, 0.3) is 0 Å². The van der Waals surface area contributed by atoms with Crippen LogP contribution in [0.15, 0.2) is 18.2 Å². The number of Topliss-reactive ketones (excluding diaryl/α,β-unsaturated/α-hetero) is 1. The number of ketones is 1. The van der Waals surface area contributed by atoms with E-state index in [1.54, 1.807) is 11.0 Å². The molecule has 1 aliphatic heterocycles. The van der Waals surface area contributed by atoms with E-state index in [-0.39, 0.29) is 17.6 Å². The zero-order chi connectivity index (χ0) is 16.8. The first-order valence-corrected chi connectivity index (χ1v) is 8.29.